The molecule has 0 aliphatic rings. The van der Waals surface area contributed by atoms with Gasteiger partial charge in [0.1, 0.15) is 5.75 Å². The highest BCUT2D eigenvalue weighted by Crippen LogP contribution is 2.34. The fraction of sp³-hybridized carbons (Fsp3) is 0.133. The molecule has 0 fully saturated rings. The molecule has 0 bridgehead atoms. The van der Waals surface area contributed by atoms with Crippen molar-refractivity contribution in [2.75, 3.05) is 12.4 Å². The zero-order chi connectivity index (χ0) is 17.2. The molecule has 1 N–H and O–H groups in total. The Morgan fingerprint density at radius 2 is 1.91 bits per heavy atom. The topological polar surface area (TPSA) is 38.3 Å². The normalized spacial score (nSPS) is 11.2. The van der Waals surface area contributed by atoms with E-state index in [1.54, 1.807) is 12.1 Å². The number of anilines is 1. The smallest absolute Gasteiger partial charge is 0.416 e. The molecule has 0 spiro atoms. The van der Waals surface area contributed by atoms with Crippen LogP contribution in [-0.2, 0) is 6.18 Å². The Hall–Kier alpha value is -1.48. The van der Waals surface area contributed by atoms with Crippen LogP contribution in [-0.4, -0.2) is 13.0 Å². The number of methoxy groups -OCH3 is 1. The van der Waals surface area contributed by atoms with Gasteiger partial charge in [0.15, 0.2) is 0 Å². The lowest BCUT2D eigenvalue weighted by atomic mass is 10.1. The quantitative estimate of drug-likeness (QED) is 0.644. The lowest BCUT2D eigenvalue weighted by Gasteiger charge is -2.12. The Bertz CT molecular complexity index is 750. The highest BCUT2D eigenvalue weighted by Gasteiger charge is 2.31. The van der Waals surface area contributed by atoms with E-state index in [1.165, 1.54) is 13.2 Å². The van der Waals surface area contributed by atoms with Crippen molar-refractivity contribution in [3.05, 3.63) is 56.1 Å². The van der Waals surface area contributed by atoms with Crippen LogP contribution in [0.1, 0.15) is 15.9 Å². The molecule has 2 aromatic carbocycles. The largest absolute Gasteiger partial charge is 0.496 e. The Morgan fingerprint density at radius 1 is 1.22 bits per heavy atom. The van der Waals surface area contributed by atoms with Crippen LogP contribution in [0.15, 0.2) is 36.4 Å². The summed E-state index contributed by atoms with van der Waals surface area (Å²) < 4.78 is 44.0. The van der Waals surface area contributed by atoms with E-state index in [1.807, 2.05) is 22.6 Å². The number of hydrogen-bond acceptors (Lipinski definition) is 2. The molecular weight excluding hydrogens is 446 g/mol. The van der Waals surface area contributed by atoms with E-state index >= 15 is 0 Å². The summed E-state index contributed by atoms with van der Waals surface area (Å²) in [7, 11) is 1.50. The zero-order valence-electron chi connectivity index (χ0n) is 11.7. The minimum atomic E-state index is -4.51. The average Bonchev–Trinajstić information content (AvgIpc) is 2.48. The molecule has 3 nitrogen and oxygen atoms in total. The maximum atomic E-state index is 12.7. The molecule has 0 saturated carbocycles. The number of hydrogen-bond donors (Lipinski definition) is 1. The van der Waals surface area contributed by atoms with Crippen LogP contribution in [0.25, 0.3) is 0 Å². The number of nitrogens with one attached hydrogen (secondary N) is 1. The number of halogens is 5. The summed E-state index contributed by atoms with van der Waals surface area (Å²) in [6, 6.07) is 7.43. The van der Waals surface area contributed by atoms with Gasteiger partial charge in [0.2, 0.25) is 0 Å². The van der Waals surface area contributed by atoms with E-state index in [-0.39, 0.29) is 16.3 Å². The van der Waals surface area contributed by atoms with Gasteiger partial charge in [0.05, 0.1) is 27.0 Å². The van der Waals surface area contributed by atoms with Gasteiger partial charge < -0.3 is 10.1 Å². The molecule has 2 rings (SSSR count). The summed E-state index contributed by atoms with van der Waals surface area (Å²) in [5, 5.41) is 2.41. The molecule has 23 heavy (non-hydrogen) atoms. The van der Waals surface area contributed by atoms with Crippen molar-refractivity contribution in [2.24, 2.45) is 0 Å². The van der Waals surface area contributed by atoms with Crippen molar-refractivity contribution < 1.29 is 22.7 Å². The van der Waals surface area contributed by atoms with Crippen molar-refractivity contribution in [2.45, 2.75) is 6.18 Å². The summed E-state index contributed by atoms with van der Waals surface area (Å²) >= 11 is 7.85. The predicted octanol–water partition coefficient (Wildman–Crippen LogP) is 5.22. The summed E-state index contributed by atoms with van der Waals surface area (Å²) in [5.41, 5.74) is -0.706. The second-order valence-corrected chi connectivity index (χ2v) is 6.07. The third-order valence-corrected chi connectivity index (χ3v) is 4.13. The summed E-state index contributed by atoms with van der Waals surface area (Å²) in [5.74, 6) is 0.0334. The van der Waals surface area contributed by atoms with Gasteiger partial charge in [-0.25, -0.2) is 0 Å². The van der Waals surface area contributed by atoms with Gasteiger partial charge in [-0.2, -0.15) is 13.2 Å². The minimum Gasteiger partial charge on any atom is -0.496 e. The maximum absolute atomic E-state index is 12.7. The molecule has 8 heteroatoms. The first kappa shape index (κ1) is 17.9. The predicted molar refractivity (Wildman–Crippen MR) is 90.1 cm³/mol. The first-order valence-electron chi connectivity index (χ1n) is 6.24. The highest BCUT2D eigenvalue weighted by molar-refractivity contribution is 14.1. The molecule has 122 valence electrons. The molecule has 0 heterocycles. The van der Waals surface area contributed by atoms with Crippen molar-refractivity contribution in [3.8, 4) is 5.75 Å². The van der Waals surface area contributed by atoms with Crippen LogP contribution < -0.4 is 10.1 Å². The van der Waals surface area contributed by atoms with Crippen molar-refractivity contribution >= 4 is 45.8 Å². The molecular formula is C15H10ClF3INO2. The number of rotatable bonds is 3. The molecule has 0 unspecified atom stereocenters. The molecule has 0 aliphatic carbocycles. The summed E-state index contributed by atoms with van der Waals surface area (Å²) in [6.07, 6.45) is -4.51. The minimum absolute atomic E-state index is 0.0227. The number of amides is 1. The van der Waals surface area contributed by atoms with Gasteiger partial charge in [-0.1, -0.05) is 11.6 Å². The lowest BCUT2D eigenvalue weighted by Crippen LogP contribution is -2.14. The van der Waals surface area contributed by atoms with E-state index in [4.69, 9.17) is 16.3 Å². The Kier molecular flexibility index (Phi) is 5.41. The molecule has 0 saturated heterocycles. The Balaban J connectivity index is 2.28. The monoisotopic (exact) mass is 455 g/mol. The summed E-state index contributed by atoms with van der Waals surface area (Å²) in [4.78, 5) is 12.2. The fourth-order valence-electron chi connectivity index (χ4n) is 1.80. The Morgan fingerprint density at radius 3 is 2.48 bits per heavy atom. The standard InChI is InChI=1S/C15H10ClF3INO2/c1-23-13-5-2-8(6-11(13)20)14(22)21-12-7-9(15(17,18)19)3-4-10(12)16/h2-7H,1H3,(H,21,22). The first-order valence-corrected chi connectivity index (χ1v) is 7.69. The molecule has 0 atom stereocenters. The van der Waals surface area contributed by atoms with Gasteiger partial charge in [0, 0.05) is 5.56 Å². The molecule has 2 aromatic rings. The van der Waals surface area contributed by atoms with Gasteiger partial charge >= 0.3 is 6.18 Å². The third kappa shape index (κ3) is 4.29. The third-order valence-electron chi connectivity index (χ3n) is 2.96. The van der Waals surface area contributed by atoms with Gasteiger partial charge in [0.25, 0.3) is 5.91 Å². The number of carbonyl (C=O) groups excluding carboxylic acids is 1. The van der Waals surface area contributed by atoms with Crippen LogP contribution in [0.5, 0.6) is 5.75 Å². The Labute approximate surface area is 148 Å². The van der Waals surface area contributed by atoms with Crippen molar-refractivity contribution in [3.63, 3.8) is 0 Å². The number of carbonyl (C=O) groups is 1. The van der Waals surface area contributed by atoms with E-state index in [0.717, 1.165) is 18.2 Å². The van der Waals surface area contributed by atoms with E-state index in [9.17, 15) is 18.0 Å². The number of ether oxygens (including phenoxy) is 1. The maximum Gasteiger partial charge on any atom is 0.416 e. The van der Waals surface area contributed by atoms with Crippen LogP contribution in [0.2, 0.25) is 5.02 Å². The van der Waals surface area contributed by atoms with Gasteiger partial charge in [-0.05, 0) is 59.0 Å². The summed E-state index contributed by atoms with van der Waals surface area (Å²) in [6.45, 7) is 0. The first-order chi connectivity index (χ1) is 10.7. The molecule has 1 amide bonds. The van der Waals surface area contributed by atoms with E-state index in [2.05, 4.69) is 5.32 Å². The number of benzene rings is 2. The van der Waals surface area contributed by atoms with Crippen molar-refractivity contribution in [1.29, 1.82) is 0 Å². The zero-order valence-corrected chi connectivity index (χ0v) is 14.6. The average molecular weight is 456 g/mol. The molecule has 0 radical (unpaired) electrons. The molecule has 0 aliphatic heterocycles. The second-order valence-electron chi connectivity index (χ2n) is 4.50. The van der Waals surface area contributed by atoms with Crippen molar-refractivity contribution in [1.82, 2.24) is 0 Å². The van der Waals surface area contributed by atoms with Gasteiger partial charge in [-0.15, -0.1) is 0 Å². The van der Waals surface area contributed by atoms with Crippen LogP contribution >= 0.6 is 34.2 Å². The second kappa shape index (κ2) is 6.96. The van der Waals surface area contributed by atoms with E-state index < -0.39 is 17.6 Å². The van der Waals surface area contributed by atoms with Crippen LogP contribution in [0, 0.1) is 3.57 Å². The SMILES string of the molecule is COc1ccc(C(=O)Nc2cc(C(F)(F)F)ccc2Cl)cc1I. The fourth-order valence-corrected chi connectivity index (χ4v) is 2.70. The lowest BCUT2D eigenvalue weighted by molar-refractivity contribution is -0.137. The molecule has 0 aromatic heterocycles. The highest BCUT2D eigenvalue weighted by atomic mass is 127. The van der Waals surface area contributed by atoms with E-state index in [0.29, 0.717) is 9.32 Å². The van der Waals surface area contributed by atoms with Crippen LogP contribution in [0.3, 0.4) is 0 Å². The van der Waals surface area contributed by atoms with Gasteiger partial charge in [-0.3, -0.25) is 4.79 Å². The van der Waals surface area contributed by atoms with Crippen LogP contribution in [0.4, 0.5) is 18.9 Å². The number of alkyl halides is 3.